The van der Waals surface area contributed by atoms with Gasteiger partial charge in [-0.05, 0) is 31.5 Å². The van der Waals surface area contributed by atoms with Crippen LogP contribution >= 0.6 is 11.3 Å². The SMILES string of the molecule is CCCNCc1sc(S(=O)(=O)NCCC(F)(F)F)cc1C. The van der Waals surface area contributed by atoms with E-state index >= 15 is 0 Å². The van der Waals surface area contributed by atoms with Crippen LogP contribution in [0.5, 0.6) is 0 Å². The van der Waals surface area contributed by atoms with Crippen LogP contribution in [0.25, 0.3) is 0 Å². The molecule has 9 heteroatoms. The van der Waals surface area contributed by atoms with Gasteiger partial charge in [0.1, 0.15) is 4.21 Å². The minimum Gasteiger partial charge on any atom is -0.312 e. The molecule has 0 amide bonds. The van der Waals surface area contributed by atoms with Crippen molar-refractivity contribution in [1.29, 1.82) is 0 Å². The Hall–Kier alpha value is -0.640. The summed E-state index contributed by atoms with van der Waals surface area (Å²) in [4.78, 5) is 0.875. The van der Waals surface area contributed by atoms with Gasteiger partial charge < -0.3 is 5.32 Å². The smallest absolute Gasteiger partial charge is 0.312 e. The fourth-order valence-corrected chi connectivity index (χ4v) is 4.21. The van der Waals surface area contributed by atoms with Gasteiger partial charge in [-0.3, -0.25) is 0 Å². The molecule has 0 aliphatic carbocycles. The second-order valence-electron chi connectivity index (χ2n) is 4.61. The lowest BCUT2D eigenvalue weighted by Crippen LogP contribution is -2.27. The lowest BCUT2D eigenvalue weighted by molar-refractivity contribution is -0.132. The number of hydrogen-bond donors (Lipinski definition) is 2. The van der Waals surface area contributed by atoms with Crippen molar-refractivity contribution in [3.8, 4) is 0 Å². The zero-order chi connectivity index (χ0) is 16.1. The maximum absolute atomic E-state index is 12.0. The summed E-state index contributed by atoms with van der Waals surface area (Å²) in [5.41, 5.74) is 0.819. The largest absolute Gasteiger partial charge is 0.390 e. The molecule has 0 unspecified atom stereocenters. The fraction of sp³-hybridized carbons (Fsp3) is 0.667. The van der Waals surface area contributed by atoms with Crippen LogP contribution in [0.1, 0.15) is 30.2 Å². The predicted octanol–water partition coefficient (Wildman–Crippen LogP) is 2.79. The molecule has 0 bridgehead atoms. The fourth-order valence-electron chi connectivity index (χ4n) is 1.57. The average molecular weight is 344 g/mol. The molecule has 4 nitrogen and oxygen atoms in total. The van der Waals surface area contributed by atoms with Crippen molar-refractivity contribution in [3.63, 3.8) is 0 Å². The molecule has 0 saturated carbocycles. The predicted molar refractivity (Wildman–Crippen MR) is 76.9 cm³/mol. The van der Waals surface area contributed by atoms with Crippen LogP contribution in [-0.2, 0) is 16.6 Å². The molecule has 1 aromatic heterocycles. The van der Waals surface area contributed by atoms with Gasteiger partial charge in [-0.25, -0.2) is 13.1 Å². The van der Waals surface area contributed by atoms with E-state index in [-0.39, 0.29) is 4.21 Å². The highest BCUT2D eigenvalue weighted by atomic mass is 32.2. The van der Waals surface area contributed by atoms with E-state index in [4.69, 9.17) is 0 Å². The molecule has 1 heterocycles. The minimum atomic E-state index is -4.37. The van der Waals surface area contributed by atoms with Crippen molar-refractivity contribution in [2.24, 2.45) is 0 Å². The molecule has 0 radical (unpaired) electrons. The van der Waals surface area contributed by atoms with Gasteiger partial charge >= 0.3 is 6.18 Å². The van der Waals surface area contributed by atoms with E-state index < -0.39 is 29.2 Å². The van der Waals surface area contributed by atoms with Crippen molar-refractivity contribution < 1.29 is 21.6 Å². The zero-order valence-corrected chi connectivity index (χ0v) is 13.5. The van der Waals surface area contributed by atoms with Crippen molar-refractivity contribution in [2.45, 2.75) is 43.6 Å². The maximum Gasteiger partial charge on any atom is 0.390 e. The standard InChI is InChI=1S/C12H19F3N2O2S2/c1-3-5-16-8-10-9(2)7-11(20-10)21(18,19)17-6-4-12(13,14)15/h7,16-17H,3-6,8H2,1-2H3. The molecule has 0 fully saturated rings. The summed E-state index contributed by atoms with van der Waals surface area (Å²) in [5.74, 6) is 0. The number of alkyl halides is 3. The lowest BCUT2D eigenvalue weighted by atomic mass is 10.3. The molecule has 122 valence electrons. The monoisotopic (exact) mass is 344 g/mol. The van der Waals surface area contributed by atoms with Crippen LogP contribution in [0.2, 0.25) is 0 Å². The summed E-state index contributed by atoms with van der Waals surface area (Å²) in [6.07, 6.45) is -4.58. The third kappa shape index (κ3) is 6.33. The highest BCUT2D eigenvalue weighted by Gasteiger charge is 2.28. The molecule has 0 aliphatic rings. The number of sulfonamides is 1. The van der Waals surface area contributed by atoms with E-state index in [1.807, 2.05) is 11.6 Å². The van der Waals surface area contributed by atoms with Crippen molar-refractivity contribution >= 4 is 21.4 Å². The third-order valence-corrected chi connectivity index (χ3v) is 5.85. The van der Waals surface area contributed by atoms with Crippen LogP contribution in [0.15, 0.2) is 10.3 Å². The van der Waals surface area contributed by atoms with Gasteiger partial charge in [0.15, 0.2) is 0 Å². The Morgan fingerprint density at radius 3 is 2.52 bits per heavy atom. The summed E-state index contributed by atoms with van der Waals surface area (Å²) in [5, 5.41) is 3.17. The van der Waals surface area contributed by atoms with Gasteiger partial charge in [-0.1, -0.05) is 6.92 Å². The first-order valence-corrected chi connectivity index (χ1v) is 8.82. The molecular weight excluding hydrogens is 325 g/mol. The molecule has 2 N–H and O–H groups in total. The summed E-state index contributed by atoms with van der Waals surface area (Å²) >= 11 is 1.08. The molecular formula is C12H19F3N2O2S2. The van der Waals surface area contributed by atoms with Gasteiger partial charge in [0.25, 0.3) is 0 Å². The topological polar surface area (TPSA) is 58.2 Å². The lowest BCUT2D eigenvalue weighted by Gasteiger charge is -2.07. The van der Waals surface area contributed by atoms with Crippen LogP contribution in [0, 0.1) is 6.92 Å². The number of halogens is 3. The minimum absolute atomic E-state index is 0.0514. The van der Waals surface area contributed by atoms with Gasteiger partial charge in [-0.15, -0.1) is 11.3 Å². The molecule has 1 aromatic rings. The van der Waals surface area contributed by atoms with E-state index in [9.17, 15) is 21.6 Å². The molecule has 21 heavy (non-hydrogen) atoms. The zero-order valence-electron chi connectivity index (χ0n) is 11.9. The van der Waals surface area contributed by atoms with Crippen LogP contribution in [0.4, 0.5) is 13.2 Å². The van der Waals surface area contributed by atoms with Crippen molar-refractivity contribution in [1.82, 2.24) is 10.0 Å². The number of hydrogen-bond acceptors (Lipinski definition) is 4. The van der Waals surface area contributed by atoms with Crippen LogP contribution < -0.4 is 10.0 Å². The van der Waals surface area contributed by atoms with Gasteiger partial charge in [0, 0.05) is 18.0 Å². The van der Waals surface area contributed by atoms with E-state index in [1.165, 1.54) is 6.07 Å². The van der Waals surface area contributed by atoms with E-state index in [1.54, 1.807) is 6.92 Å². The Morgan fingerprint density at radius 1 is 1.29 bits per heavy atom. The van der Waals surface area contributed by atoms with E-state index in [2.05, 4.69) is 5.32 Å². The highest BCUT2D eigenvalue weighted by Crippen LogP contribution is 2.26. The molecule has 0 saturated heterocycles. The highest BCUT2D eigenvalue weighted by molar-refractivity contribution is 7.91. The second kappa shape index (κ2) is 7.57. The van der Waals surface area contributed by atoms with Crippen molar-refractivity contribution in [3.05, 3.63) is 16.5 Å². The third-order valence-electron chi connectivity index (χ3n) is 2.68. The first-order valence-electron chi connectivity index (χ1n) is 6.52. The Bertz CT molecular complexity index is 553. The second-order valence-corrected chi connectivity index (χ2v) is 7.74. The normalized spacial score (nSPS) is 12.8. The quantitative estimate of drug-likeness (QED) is 0.713. The van der Waals surface area contributed by atoms with E-state index in [0.717, 1.165) is 34.7 Å². The van der Waals surface area contributed by atoms with Gasteiger partial charge in [0.05, 0.1) is 6.42 Å². The van der Waals surface area contributed by atoms with Crippen LogP contribution in [0.3, 0.4) is 0 Å². The first kappa shape index (κ1) is 18.4. The molecule has 0 aliphatic heterocycles. The summed E-state index contributed by atoms with van der Waals surface area (Å²) < 4.78 is 62.0. The number of nitrogens with one attached hydrogen (secondary N) is 2. The number of aryl methyl sites for hydroxylation is 1. The number of rotatable bonds is 8. The maximum atomic E-state index is 12.0. The Morgan fingerprint density at radius 2 is 1.95 bits per heavy atom. The molecule has 0 atom stereocenters. The van der Waals surface area contributed by atoms with E-state index in [0.29, 0.717) is 6.54 Å². The average Bonchev–Trinajstić information content (AvgIpc) is 2.70. The van der Waals surface area contributed by atoms with Gasteiger partial charge in [0.2, 0.25) is 10.0 Å². The summed E-state index contributed by atoms with van der Waals surface area (Å²) in [7, 11) is -3.87. The molecule has 0 aromatic carbocycles. The molecule has 0 spiro atoms. The molecule has 1 rings (SSSR count). The summed E-state index contributed by atoms with van der Waals surface area (Å²) in [6, 6.07) is 1.49. The van der Waals surface area contributed by atoms with Crippen molar-refractivity contribution in [2.75, 3.05) is 13.1 Å². The summed E-state index contributed by atoms with van der Waals surface area (Å²) in [6.45, 7) is 4.54. The number of thiophene rings is 1. The Kier molecular flexibility index (Phi) is 6.64. The first-order chi connectivity index (χ1) is 9.65. The van der Waals surface area contributed by atoms with Gasteiger partial charge in [-0.2, -0.15) is 13.2 Å². The van der Waals surface area contributed by atoms with Crippen LogP contribution in [-0.4, -0.2) is 27.7 Å². The Labute approximate surface area is 126 Å². The Balaban J connectivity index is 2.68.